The van der Waals surface area contributed by atoms with Crippen LogP contribution in [0.25, 0.3) is 11.3 Å². The Bertz CT molecular complexity index is 1360. The van der Waals surface area contributed by atoms with E-state index in [4.69, 9.17) is 9.47 Å². The number of nitrogens with zero attached hydrogens (tertiary/aromatic N) is 5. The van der Waals surface area contributed by atoms with E-state index >= 15 is 4.39 Å². The minimum atomic E-state index is -2.06. The fraction of sp³-hybridized carbons (Fsp3) is 0.464. The molecule has 0 saturated carbocycles. The van der Waals surface area contributed by atoms with E-state index in [9.17, 15) is 8.78 Å². The first-order chi connectivity index (χ1) is 18.5. The van der Waals surface area contributed by atoms with Crippen molar-refractivity contribution in [2.75, 3.05) is 44.0 Å². The lowest BCUT2D eigenvalue weighted by molar-refractivity contribution is -0.0475. The molecule has 5 rings (SSSR count). The average molecular weight is 543 g/mol. The SMILES string of the molecule is COc1nc(Nc2ncc(F)c(-c3cc(F)c4c(c3)N(C(C)C)CC(C)(F)O4)n2)ccc1C1CCN(C)CC1. The summed E-state index contributed by atoms with van der Waals surface area (Å²) >= 11 is 0. The number of rotatable bonds is 6. The number of anilines is 3. The summed E-state index contributed by atoms with van der Waals surface area (Å²) in [4.78, 5) is 16.9. The van der Waals surface area contributed by atoms with E-state index in [-0.39, 0.29) is 35.5 Å². The van der Waals surface area contributed by atoms with Gasteiger partial charge >= 0.3 is 0 Å². The molecule has 2 aliphatic rings. The van der Waals surface area contributed by atoms with Crippen LogP contribution in [-0.2, 0) is 0 Å². The van der Waals surface area contributed by atoms with Gasteiger partial charge in [-0.3, -0.25) is 0 Å². The molecule has 4 heterocycles. The summed E-state index contributed by atoms with van der Waals surface area (Å²) in [5, 5.41) is 3.00. The number of halogens is 3. The largest absolute Gasteiger partial charge is 0.481 e. The van der Waals surface area contributed by atoms with Crippen LogP contribution >= 0.6 is 0 Å². The van der Waals surface area contributed by atoms with Gasteiger partial charge in [0.1, 0.15) is 11.5 Å². The van der Waals surface area contributed by atoms with Crippen molar-refractivity contribution < 1.29 is 22.6 Å². The zero-order chi connectivity index (χ0) is 27.9. The third-order valence-electron chi connectivity index (χ3n) is 7.22. The quantitative estimate of drug-likeness (QED) is 0.427. The average Bonchev–Trinajstić information content (AvgIpc) is 2.90. The van der Waals surface area contributed by atoms with E-state index in [2.05, 4.69) is 32.2 Å². The van der Waals surface area contributed by atoms with Gasteiger partial charge in [-0.15, -0.1) is 0 Å². The second kappa shape index (κ2) is 10.5. The van der Waals surface area contributed by atoms with Crippen molar-refractivity contribution in [2.45, 2.75) is 51.4 Å². The van der Waals surface area contributed by atoms with Gasteiger partial charge in [-0.1, -0.05) is 0 Å². The Morgan fingerprint density at radius 2 is 1.87 bits per heavy atom. The number of benzene rings is 1. The molecule has 1 aromatic carbocycles. The molecular formula is C28H33F3N6O2. The lowest BCUT2D eigenvalue weighted by Crippen LogP contribution is -2.49. The zero-order valence-electron chi connectivity index (χ0n) is 22.8. The highest BCUT2D eigenvalue weighted by Gasteiger charge is 2.38. The monoisotopic (exact) mass is 542 g/mol. The maximum Gasteiger partial charge on any atom is 0.263 e. The first-order valence-electron chi connectivity index (χ1n) is 13.1. The van der Waals surface area contributed by atoms with Gasteiger partial charge in [0.25, 0.3) is 5.85 Å². The van der Waals surface area contributed by atoms with Crippen LogP contribution in [0, 0.1) is 11.6 Å². The number of aromatic nitrogens is 3. The molecule has 11 heteroatoms. The van der Waals surface area contributed by atoms with Gasteiger partial charge in [0.15, 0.2) is 17.4 Å². The summed E-state index contributed by atoms with van der Waals surface area (Å²) in [6.45, 7) is 6.91. The van der Waals surface area contributed by atoms with Crippen LogP contribution < -0.4 is 19.7 Å². The lowest BCUT2D eigenvalue weighted by atomic mass is 9.90. The van der Waals surface area contributed by atoms with Crippen molar-refractivity contribution >= 4 is 17.5 Å². The molecule has 39 heavy (non-hydrogen) atoms. The molecule has 0 amide bonds. The summed E-state index contributed by atoms with van der Waals surface area (Å²) in [6.07, 6.45) is 3.06. The van der Waals surface area contributed by atoms with Gasteiger partial charge < -0.3 is 24.6 Å². The summed E-state index contributed by atoms with van der Waals surface area (Å²) in [5.74, 6) is -2.42. The molecular weight excluding hydrogens is 509 g/mol. The Morgan fingerprint density at radius 3 is 2.56 bits per heavy atom. The third-order valence-corrected chi connectivity index (χ3v) is 7.22. The fourth-order valence-electron chi connectivity index (χ4n) is 5.18. The Labute approximate surface area is 226 Å². The third kappa shape index (κ3) is 5.59. The van der Waals surface area contributed by atoms with Gasteiger partial charge in [0.05, 0.1) is 25.5 Å². The normalized spacial score (nSPS) is 20.1. The van der Waals surface area contributed by atoms with Crippen molar-refractivity contribution in [1.82, 2.24) is 19.9 Å². The Hall–Kier alpha value is -3.60. The van der Waals surface area contributed by atoms with Crippen LogP contribution in [0.2, 0.25) is 0 Å². The van der Waals surface area contributed by atoms with Gasteiger partial charge in [-0.2, -0.15) is 9.37 Å². The molecule has 1 unspecified atom stereocenters. The van der Waals surface area contributed by atoms with Crippen LogP contribution in [0.5, 0.6) is 11.6 Å². The van der Waals surface area contributed by atoms with E-state index in [0.717, 1.165) is 43.8 Å². The van der Waals surface area contributed by atoms with Crippen LogP contribution in [-0.4, -0.2) is 65.5 Å². The number of alkyl halides is 1. The van der Waals surface area contributed by atoms with Crippen LogP contribution in [0.3, 0.4) is 0 Å². The number of fused-ring (bicyclic) bond motifs is 1. The summed E-state index contributed by atoms with van der Waals surface area (Å²) in [7, 11) is 3.69. The first-order valence-corrected chi connectivity index (χ1v) is 13.1. The van der Waals surface area contributed by atoms with Crippen molar-refractivity contribution in [1.29, 1.82) is 0 Å². The summed E-state index contributed by atoms with van der Waals surface area (Å²) in [6, 6.07) is 6.29. The number of hydrogen-bond donors (Lipinski definition) is 1. The molecule has 3 aromatic rings. The Balaban J connectivity index is 1.44. The second-order valence-electron chi connectivity index (χ2n) is 10.6. The number of piperidine rings is 1. The smallest absolute Gasteiger partial charge is 0.263 e. The number of pyridine rings is 1. The van der Waals surface area contributed by atoms with Crippen molar-refractivity contribution in [3.05, 3.63) is 47.7 Å². The minimum absolute atomic E-state index is 0.0828. The van der Waals surface area contributed by atoms with Gasteiger partial charge in [0.2, 0.25) is 11.8 Å². The number of methoxy groups -OCH3 is 1. The van der Waals surface area contributed by atoms with Crippen LogP contribution in [0.1, 0.15) is 45.1 Å². The highest BCUT2D eigenvalue weighted by Crippen LogP contribution is 2.43. The van der Waals surface area contributed by atoms with Crippen LogP contribution in [0.15, 0.2) is 30.5 Å². The van der Waals surface area contributed by atoms with Crippen molar-refractivity contribution in [3.8, 4) is 22.9 Å². The number of hydrogen-bond acceptors (Lipinski definition) is 8. The number of nitrogens with one attached hydrogen (secondary N) is 1. The van der Waals surface area contributed by atoms with E-state index in [1.807, 2.05) is 26.0 Å². The number of ether oxygens (including phenoxy) is 2. The zero-order valence-corrected chi connectivity index (χ0v) is 22.8. The molecule has 0 aliphatic carbocycles. The van der Waals surface area contributed by atoms with E-state index in [0.29, 0.717) is 23.3 Å². The molecule has 1 N–H and O–H groups in total. The van der Waals surface area contributed by atoms with E-state index in [1.54, 1.807) is 18.1 Å². The molecule has 8 nitrogen and oxygen atoms in total. The Morgan fingerprint density at radius 1 is 1.13 bits per heavy atom. The Kier molecular flexibility index (Phi) is 7.28. The molecule has 0 spiro atoms. The minimum Gasteiger partial charge on any atom is -0.481 e. The van der Waals surface area contributed by atoms with Crippen molar-refractivity contribution in [3.63, 3.8) is 0 Å². The van der Waals surface area contributed by atoms with Gasteiger partial charge in [-0.05, 0) is 77.0 Å². The fourth-order valence-corrected chi connectivity index (χ4v) is 5.18. The molecule has 1 atom stereocenters. The molecule has 0 bridgehead atoms. The maximum atomic E-state index is 15.1. The predicted molar refractivity (Wildman–Crippen MR) is 144 cm³/mol. The first kappa shape index (κ1) is 27.0. The van der Waals surface area contributed by atoms with Gasteiger partial charge in [-0.25, -0.2) is 18.7 Å². The van der Waals surface area contributed by atoms with E-state index in [1.165, 1.54) is 6.92 Å². The molecule has 1 fully saturated rings. The second-order valence-corrected chi connectivity index (χ2v) is 10.6. The molecule has 1 saturated heterocycles. The summed E-state index contributed by atoms with van der Waals surface area (Å²) in [5.41, 5.74) is 1.44. The topological polar surface area (TPSA) is 75.6 Å². The number of likely N-dealkylation sites (tertiary alicyclic amines) is 1. The summed E-state index contributed by atoms with van der Waals surface area (Å²) < 4.78 is 55.7. The predicted octanol–water partition coefficient (Wildman–Crippen LogP) is 5.67. The van der Waals surface area contributed by atoms with Crippen molar-refractivity contribution in [2.24, 2.45) is 0 Å². The maximum absolute atomic E-state index is 15.1. The highest BCUT2D eigenvalue weighted by molar-refractivity contribution is 5.73. The lowest BCUT2D eigenvalue weighted by Gasteiger charge is -2.40. The molecule has 2 aliphatic heterocycles. The standard InChI is InChI=1S/C28H33F3N6O2/c1-16(2)37-15-28(3,31)39-25-20(29)12-18(13-22(25)37)24-21(30)14-32-27(35-24)34-23-7-6-19(26(33-23)38-5)17-8-10-36(4)11-9-17/h6-7,12-14,16-17H,8-11,15H2,1-5H3,(H,32,33,34,35). The molecule has 0 radical (unpaired) electrons. The highest BCUT2D eigenvalue weighted by atomic mass is 19.2. The van der Waals surface area contributed by atoms with Crippen LogP contribution in [0.4, 0.5) is 30.6 Å². The molecule has 208 valence electrons. The van der Waals surface area contributed by atoms with E-state index < -0.39 is 17.5 Å². The van der Waals surface area contributed by atoms with Gasteiger partial charge in [0, 0.05) is 24.1 Å². The molecule has 2 aromatic heterocycles.